The third kappa shape index (κ3) is 4.76. The average Bonchev–Trinajstić information content (AvgIpc) is 2.87. The van der Waals surface area contributed by atoms with Crippen LogP contribution in [0.1, 0.15) is 37.7 Å². The van der Waals surface area contributed by atoms with E-state index >= 15 is 0 Å². The normalized spacial score (nSPS) is 12.7. The summed E-state index contributed by atoms with van der Waals surface area (Å²) in [6, 6.07) is 17.8. The molecule has 0 aliphatic heterocycles. The Bertz CT molecular complexity index is 1570. The van der Waals surface area contributed by atoms with Crippen molar-refractivity contribution in [3.63, 3.8) is 0 Å². The minimum atomic E-state index is -3.92. The molecule has 0 bridgehead atoms. The molecule has 0 aliphatic carbocycles. The molecule has 0 amide bonds. The summed E-state index contributed by atoms with van der Waals surface area (Å²) >= 11 is 6.18. The first-order chi connectivity index (χ1) is 17.2. The highest BCUT2D eigenvalue weighted by molar-refractivity contribution is 7.89. The van der Waals surface area contributed by atoms with Crippen molar-refractivity contribution in [1.82, 2.24) is 13.9 Å². The molecule has 3 aromatic carbocycles. The second-order valence-corrected chi connectivity index (χ2v) is 10.9. The van der Waals surface area contributed by atoms with Gasteiger partial charge >= 0.3 is 0 Å². The molecule has 188 valence electrons. The van der Waals surface area contributed by atoms with Gasteiger partial charge in [0.15, 0.2) is 0 Å². The molecule has 0 aliphatic rings. The fraction of sp³-hybridized carbons (Fsp3) is 0.259. The summed E-state index contributed by atoms with van der Waals surface area (Å²) < 4.78 is 35.7. The molecular weight excluding hydrogens is 498 g/mol. The largest absolute Gasteiger partial charge is 0.497 e. The van der Waals surface area contributed by atoms with Crippen LogP contribution in [0.2, 0.25) is 5.02 Å². The standard InChI is InChI=1S/C27H28ClN3O4S/c1-5-16-30(36(33,34)22-13-11-21(35-4)12-14-22)19(3)26-29-24-9-7-6-8-23(24)27(32)31(26)25-15-10-20(28)17-18(25)2/h6-15,17,19H,5,16H2,1-4H3. The van der Waals surface area contributed by atoms with Crippen molar-refractivity contribution in [3.8, 4) is 11.4 Å². The Kier molecular flexibility index (Phi) is 7.49. The van der Waals surface area contributed by atoms with Gasteiger partial charge in [0.25, 0.3) is 5.56 Å². The van der Waals surface area contributed by atoms with Gasteiger partial charge in [-0.05, 0) is 80.4 Å². The van der Waals surface area contributed by atoms with Crippen LogP contribution in [0.15, 0.2) is 76.4 Å². The van der Waals surface area contributed by atoms with Gasteiger partial charge in [0.1, 0.15) is 11.6 Å². The Morgan fingerprint density at radius 3 is 2.42 bits per heavy atom. The van der Waals surface area contributed by atoms with Crippen LogP contribution < -0.4 is 10.3 Å². The highest BCUT2D eigenvalue weighted by Crippen LogP contribution is 2.30. The fourth-order valence-electron chi connectivity index (χ4n) is 4.29. The number of aromatic nitrogens is 2. The molecule has 9 heteroatoms. The number of sulfonamides is 1. The van der Waals surface area contributed by atoms with Gasteiger partial charge in [-0.3, -0.25) is 9.36 Å². The predicted molar refractivity (Wildman–Crippen MR) is 143 cm³/mol. The van der Waals surface area contributed by atoms with Crippen LogP contribution in [-0.2, 0) is 10.0 Å². The fourth-order valence-corrected chi connectivity index (χ4v) is 6.20. The number of hydrogen-bond donors (Lipinski definition) is 0. The summed E-state index contributed by atoms with van der Waals surface area (Å²) in [7, 11) is -2.39. The quantitative estimate of drug-likeness (QED) is 0.302. The van der Waals surface area contributed by atoms with Gasteiger partial charge in [-0.1, -0.05) is 30.7 Å². The van der Waals surface area contributed by atoms with Crippen LogP contribution >= 0.6 is 11.6 Å². The van der Waals surface area contributed by atoms with Crippen LogP contribution in [0.25, 0.3) is 16.6 Å². The van der Waals surface area contributed by atoms with E-state index in [4.69, 9.17) is 21.3 Å². The van der Waals surface area contributed by atoms with E-state index in [1.54, 1.807) is 61.5 Å². The lowest BCUT2D eigenvalue weighted by atomic mass is 10.1. The Balaban J connectivity index is 1.95. The van der Waals surface area contributed by atoms with Crippen molar-refractivity contribution in [1.29, 1.82) is 0 Å². The molecule has 4 aromatic rings. The Morgan fingerprint density at radius 2 is 1.78 bits per heavy atom. The summed E-state index contributed by atoms with van der Waals surface area (Å²) in [4.78, 5) is 18.7. The number of methoxy groups -OCH3 is 1. The molecule has 0 saturated heterocycles. The van der Waals surface area contributed by atoms with E-state index in [0.29, 0.717) is 39.6 Å². The lowest BCUT2D eigenvalue weighted by Gasteiger charge is -2.30. The van der Waals surface area contributed by atoms with Crippen molar-refractivity contribution in [2.24, 2.45) is 0 Å². The van der Waals surface area contributed by atoms with Crippen LogP contribution in [0, 0.1) is 6.92 Å². The lowest BCUT2D eigenvalue weighted by molar-refractivity contribution is 0.327. The van der Waals surface area contributed by atoms with Gasteiger partial charge in [-0.15, -0.1) is 0 Å². The van der Waals surface area contributed by atoms with E-state index < -0.39 is 16.1 Å². The number of hydrogen-bond acceptors (Lipinski definition) is 5. The number of rotatable bonds is 8. The third-order valence-electron chi connectivity index (χ3n) is 6.12. The van der Waals surface area contributed by atoms with Gasteiger partial charge in [-0.2, -0.15) is 4.31 Å². The molecule has 7 nitrogen and oxygen atoms in total. The SMILES string of the molecule is CCCN(C(C)c1nc2ccccc2c(=O)n1-c1ccc(Cl)cc1C)S(=O)(=O)c1ccc(OC)cc1. The van der Waals surface area contributed by atoms with Crippen LogP contribution in [0.4, 0.5) is 0 Å². The van der Waals surface area contributed by atoms with E-state index in [0.717, 1.165) is 5.56 Å². The topological polar surface area (TPSA) is 81.5 Å². The summed E-state index contributed by atoms with van der Waals surface area (Å²) in [5.74, 6) is 0.891. The molecule has 36 heavy (non-hydrogen) atoms. The van der Waals surface area contributed by atoms with Crippen molar-refractivity contribution < 1.29 is 13.2 Å². The summed E-state index contributed by atoms with van der Waals surface area (Å²) in [6.45, 7) is 5.77. The molecule has 0 radical (unpaired) electrons. The van der Waals surface area contributed by atoms with E-state index in [-0.39, 0.29) is 17.0 Å². The van der Waals surface area contributed by atoms with Gasteiger partial charge in [0.05, 0.1) is 34.6 Å². The van der Waals surface area contributed by atoms with E-state index in [2.05, 4.69) is 0 Å². The number of halogens is 1. The number of benzene rings is 3. The van der Waals surface area contributed by atoms with E-state index in [1.807, 2.05) is 13.8 Å². The average molecular weight is 526 g/mol. The van der Waals surface area contributed by atoms with Gasteiger partial charge in [0.2, 0.25) is 10.0 Å². The Labute approximate surface area is 216 Å². The van der Waals surface area contributed by atoms with Crippen molar-refractivity contribution in [2.75, 3.05) is 13.7 Å². The monoisotopic (exact) mass is 525 g/mol. The first-order valence-electron chi connectivity index (χ1n) is 11.6. The molecule has 0 spiro atoms. The number of ether oxygens (including phenoxy) is 1. The molecule has 1 unspecified atom stereocenters. The molecule has 4 rings (SSSR count). The Hall–Kier alpha value is -3.20. The highest BCUT2D eigenvalue weighted by atomic mass is 35.5. The zero-order valence-corrected chi connectivity index (χ0v) is 22.2. The van der Waals surface area contributed by atoms with Crippen molar-refractivity contribution in [2.45, 2.75) is 38.1 Å². The maximum absolute atomic E-state index is 13.8. The van der Waals surface area contributed by atoms with Gasteiger partial charge in [-0.25, -0.2) is 13.4 Å². The first-order valence-corrected chi connectivity index (χ1v) is 13.4. The molecule has 0 saturated carbocycles. The maximum Gasteiger partial charge on any atom is 0.266 e. The van der Waals surface area contributed by atoms with Crippen LogP contribution in [0.5, 0.6) is 5.75 Å². The van der Waals surface area contributed by atoms with Crippen LogP contribution in [0.3, 0.4) is 0 Å². The first kappa shape index (κ1) is 25.9. The lowest BCUT2D eigenvalue weighted by Crippen LogP contribution is -2.38. The predicted octanol–water partition coefficient (Wildman–Crippen LogP) is 5.52. The van der Waals surface area contributed by atoms with E-state index in [1.165, 1.54) is 28.1 Å². The second kappa shape index (κ2) is 10.4. The number of nitrogens with zero attached hydrogens (tertiary/aromatic N) is 3. The summed E-state index contributed by atoms with van der Waals surface area (Å²) in [6.07, 6.45) is 0.581. The van der Waals surface area contributed by atoms with Crippen LogP contribution in [-0.4, -0.2) is 35.9 Å². The summed E-state index contributed by atoms with van der Waals surface area (Å²) in [5.41, 5.74) is 1.61. The van der Waals surface area contributed by atoms with Crippen molar-refractivity contribution >= 4 is 32.5 Å². The molecule has 1 aromatic heterocycles. The van der Waals surface area contributed by atoms with E-state index in [9.17, 15) is 13.2 Å². The number of fused-ring (bicyclic) bond motifs is 1. The molecule has 0 fully saturated rings. The minimum Gasteiger partial charge on any atom is -0.497 e. The molecule has 0 N–H and O–H groups in total. The molecule has 1 heterocycles. The number of aryl methyl sites for hydroxylation is 1. The number of para-hydroxylation sites is 1. The highest BCUT2D eigenvalue weighted by Gasteiger charge is 2.32. The second-order valence-electron chi connectivity index (χ2n) is 8.53. The zero-order chi connectivity index (χ0) is 26.0. The zero-order valence-electron chi connectivity index (χ0n) is 20.6. The van der Waals surface area contributed by atoms with Gasteiger partial charge < -0.3 is 4.74 Å². The van der Waals surface area contributed by atoms with Gasteiger partial charge in [0, 0.05) is 11.6 Å². The van der Waals surface area contributed by atoms with Crippen molar-refractivity contribution in [3.05, 3.63) is 93.5 Å². The maximum atomic E-state index is 13.8. The Morgan fingerprint density at radius 1 is 1.08 bits per heavy atom. The smallest absolute Gasteiger partial charge is 0.266 e. The molecule has 1 atom stereocenters. The summed E-state index contributed by atoms with van der Waals surface area (Å²) in [5, 5.41) is 0.991. The third-order valence-corrected chi connectivity index (χ3v) is 8.34. The molecular formula is C27H28ClN3O4S. The minimum absolute atomic E-state index is 0.140.